The molecule has 5 nitrogen and oxygen atoms in total. The molecule has 4 rings (SSSR count). The number of anilines is 1. The molecule has 0 radical (unpaired) electrons. The molecule has 1 saturated heterocycles. The van der Waals surface area contributed by atoms with Crippen molar-refractivity contribution in [2.75, 3.05) is 31.1 Å². The zero-order valence-electron chi connectivity index (χ0n) is 16.2. The molecule has 0 saturated carbocycles. The van der Waals surface area contributed by atoms with Crippen LogP contribution in [0.25, 0.3) is 4.91 Å². The Hall–Kier alpha value is -2.81. The molecule has 2 aliphatic heterocycles. The predicted molar refractivity (Wildman–Crippen MR) is 111 cm³/mol. The molecule has 0 atom stereocenters. The molecule has 0 aliphatic carbocycles. The van der Waals surface area contributed by atoms with Gasteiger partial charge in [-0.3, -0.25) is 0 Å². The van der Waals surface area contributed by atoms with Crippen molar-refractivity contribution >= 4 is 26.5 Å². The van der Waals surface area contributed by atoms with Crippen LogP contribution in [0.3, 0.4) is 0 Å². The smallest absolute Gasteiger partial charge is 0.368 e. The van der Waals surface area contributed by atoms with E-state index in [1.54, 1.807) is 37.3 Å². The maximum Gasteiger partial charge on any atom is 0.416 e. The van der Waals surface area contributed by atoms with Crippen molar-refractivity contribution in [1.82, 2.24) is 4.90 Å². The highest BCUT2D eigenvalue weighted by molar-refractivity contribution is 8.00. The van der Waals surface area contributed by atoms with Crippen LogP contribution in [-0.4, -0.2) is 45.3 Å². The minimum atomic E-state index is -4.39. The van der Waals surface area contributed by atoms with Gasteiger partial charge in [-0.2, -0.15) is 21.6 Å². The predicted octanol–water partition coefficient (Wildman–Crippen LogP) is 4.00. The second-order valence-corrected chi connectivity index (χ2v) is 8.77. The van der Waals surface area contributed by atoms with Gasteiger partial charge in [0.15, 0.2) is 0 Å². The van der Waals surface area contributed by atoms with Crippen molar-refractivity contribution in [3.63, 3.8) is 0 Å². The van der Waals surface area contributed by atoms with Gasteiger partial charge in [-0.15, -0.1) is 4.40 Å². The summed E-state index contributed by atoms with van der Waals surface area (Å²) in [5.41, 5.74) is 1.01. The molecule has 0 aromatic heterocycles. The van der Waals surface area contributed by atoms with Gasteiger partial charge in [0, 0.05) is 37.4 Å². The zero-order valence-corrected chi connectivity index (χ0v) is 17.0. The lowest BCUT2D eigenvalue weighted by Crippen LogP contribution is -2.48. The van der Waals surface area contributed by atoms with Crippen molar-refractivity contribution in [1.29, 1.82) is 0 Å². The molecule has 2 heterocycles. The average molecular weight is 435 g/mol. The van der Waals surface area contributed by atoms with Gasteiger partial charge in [-0.1, -0.05) is 36.4 Å². The minimum Gasteiger partial charge on any atom is -0.368 e. The van der Waals surface area contributed by atoms with Crippen LogP contribution in [0.4, 0.5) is 18.9 Å². The van der Waals surface area contributed by atoms with Crippen LogP contribution in [0, 0.1) is 0 Å². The highest BCUT2D eigenvalue weighted by Gasteiger charge is 2.35. The summed E-state index contributed by atoms with van der Waals surface area (Å²) in [6.07, 6.45) is -4.39. The summed E-state index contributed by atoms with van der Waals surface area (Å²) in [5.74, 6) is 0.414. The number of amidine groups is 1. The number of alkyl halides is 3. The summed E-state index contributed by atoms with van der Waals surface area (Å²) in [6, 6.07) is 14.1. The Balaban J connectivity index is 1.53. The standard InChI is InChI=1S/C21H20F3N3O2S/c1-15-19(16-6-3-2-4-7-16)30(28,29)25-20(15)27-12-10-26(11-13-27)18-9-5-8-17(14-18)21(22,23)24/h2-9,14H,10-13H2,1H3. The summed E-state index contributed by atoms with van der Waals surface area (Å²) < 4.78 is 68.3. The number of nitrogens with zero attached hydrogens (tertiary/aromatic N) is 3. The molecular formula is C21H20F3N3O2S. The number of halogens is 3. The molecule has 9 heteroatoms. The van der Waals surface area contributed by atoms with Gasteiger partial charge >= 0.3 is 6.18 Å². The molecule has 0 N–H and O–H groups in total. The number of rotatable bonds is 2. The Morgan fingerprint density at radius 2 is 1.53 bits per heavy atom. The van der Waals surface area contributed by atoms with Crippen LogP contribution < -0.4 is 4.90 Å². The summed E-state index contributed by atoms with van der Waals surface area (Å²) in [6.45, 7) is 3.60. The van der Waals surface area contributed by atoms with Crippen LogP contribution in [-0.2, 0) is 16.2 Å². The average Bonchev–Trinajstić information content (AvgIpc) is 2.97. The lowest BCUT2D eigenvalue weighted by molar-refractivity contribution is -0.137. The third-order valence-electron chi connectivity index (χ3n) is 5.29. The van der Waals surface area contributed by atoms with E-state index in [1.807, 2.05) is 15.9 Å². The quantitative estimate of drug-likeness (QED) is 0.716. The van der Waals surface area contributed by atoms with Gasteiger partial charge in [0.05, 0.1) is 5.56 Å². The SMILES string of the molecule is CC1=C(c2ccccc2)S(=O)(=O)N=C1N1CCN(c2cccc(C(F)(F)F)c2)CC1. The molecule has 30 heavy (non-hydrogen) atoms. The highest BCUT2D eigenvalue weighted by Crippen LogP contribution is 2.35. The van der Waals surface area contributed by atoms with Gasteiger partial charge in [-0.05, 0) is 30.7 Å². The maximum atomic E-state index is 13.0. The van der Waals surface area contributed by atoms with Crippen LogP contribution in [0.1, 0.15) is 18.1 Å². The first-order valence-electron chi connectivity index (χ1n) is 9.45. The fraction of sp³-hybridized carbons (Fsp3) is 0.286. The third kappa shape index (κ3) is 3.81. The first-order valence-corrected chi connectivity index (χ1v) is 10.9. The number of piperazine rings is 1. The van der Waals surface area contributed by atoms with Crippen molar-refractivity contribution in [2.45, 2.75) is 13.1 Å². The number of hydrogen-bond acceptors (Lipinski definition) is 4. The van der Waals surface area contributed by atoms with Gasteiger partial charge in [0.2, 0.25) is 0 Å². The number of benzene rings is 2. The van der Waals surface area contributed by atoms with Crippen molar-refractivity contribution in [3.8, 4) is 0 Å². The Bertz CT molecular complexity index is 1120. The number of sulfonamides is 1. The van der Waals surface area contributed by atoms with E-state index in [1.165, 1.54) is 6.07 Å². The van der Waals surface area contributed by atoms with Crippen LogP contribution in [0.15, 0.2) is 64.6 Å². The molecule has 0 unspecified atom stereocenters. The monoisotopic (exact) mass is 435 g/mol. The van der Waals surface area contributed by atoms with Crippen molar-refractivity contribution in [2.24, 2.45) is 4.40 Å². The Kier molecular flexibility index (Phi) is 5.09. The van der Waals surface area contributed by atoms with E-state index >= 15 is 0 Å². The van der Waals surface area contributed by atoms with Gasteiger partial charge in [0.25, 0.3) is 10.0 Å². The lowest BCUT2D eigenvalue weighted by Gasteiger charge is -2.37. The molecule has 158 valence electrons. The summed E-state index contributed by atoms with van der Waals surface area (Å²) >= 11 is 0. The molecule has 2 aromatic carbocycles. The summed E-state index contributed by atoms with van der Waals surface area (Å²) in [4.78, 5) is 3.96. The van der Waals surface area contributed by atoms with E-state index in [2.05, 4.69) is 4.40 Å². The zero-order chi connectivity index (χ0) is 21.5. The van der Waals surface area contributed by atoms with E-state index in [-0.39, 0.29) is 4.91 Å². The van der Waals surface area contributed by atoms with E-state index in [0.717, 1.165) is 12.1 Å². The normalized spacial score (nSPS) is 19.3. The topological polar surface area (TPSA) is 53.0 Å². The Labute approximate surface area is 173 Å². The van der Waals surface area contributed by atoms with Crippen LogP contribution in [0.2, 0.25) is 0 Å². The largest absolute Gasteiger partial charge is 0.416 e. The highest BCUT2D eigenvalue weighted by atomic mass is 32.2. The molecule has 1 fully saturated rings. The van der Waals surface area contributed by atoms with Gasteiger partial charge in [0.1, 0.15) is 10.7 Å². The van der Waals surface area contributed by atoms with E-state index in [9.17, 15) is 21.6 Å². The number of hydrogen-bond donors (Lipinski definition) is 0. The van der Waals surface area contributed by atoms with Crippen LogP contribution in [0.5, 0.6) is 0 Å². The molecule has 0 bridgehead atoms. The molecule has 0 spiro atoms. The van der Waals surface area contributed by atoms with Gasteiger partial charge < -0.3 is 9.80 Å². The fourth-order valence-electron chi connectivity index (χ4n) is 3.83. The maximum absolute atomic E-state index is 13.0. The molecule has 2 aliphatic rings. The van der Waals surface area contributed by atoms with Crippen molar-refractivity contribution < 1.29 is 21.6 Å². The second kappa shape index (κ2) is 7.46. The molecule has 2 aromatic rings. The Morgan fingerprint density at radius 3 is 2.17 bits per heavy atom. The first kappa shape index (κ1) is 20.5. The van der Waals surface area contributed by atoms with Gasteiger partial charge in [-0.25, -0.2) is 0 Å². The second-order valence-electron chi connectivity index (χ2n) is 7.23. The minimum absolute atomic E-state index is 0.207. The van der Waals surface area contributed by atoms with E-state index in [4.69, 9.17) is 0 Å². The molecule has 0 amide bonds. The van der Waals surface area contributed by atoms with E-state index in [0.29, 0.717) is 48.8 Å². The van der Waals surface area contributed by atoms with Crippen molar-refractivity contribution in [3.05, 3.63) is 71.3 Å². The summed E-state index contributed by atoms with van der Waals surface area (Å²) in [7, 11) is -3.79. The lowest BCUT2D eigenvalue weighted by atomic mass is 10.1. The fourth-order valence-corrected chi connectivity index (χ4v) is 5.31. The van der Waals surface area contributed by atoms with Crippen LogP contribution >= 0.6 is 0 Å². The first-order chi connectivity index (χ1) is 14.2. The van der Waals surface area contributed by atoms with E-state index < -0.39 is 21.8 Å². The molecular weight excluding hydrogens is 415 g/mol. The Morgan fingerprint density at radius 1 is 0.900 bits per heavy atom. The third-order valence-corrected chi connectivity index (χ3v) is 6.77. The summed E-state index contributed by atoms with van der Waals surface area (Å²) in [5, 5.41) is 0.